The van der Waals surface area contributed by atoms with E-state index < -0.39 is 6.67 Å². The van der Waals surface area contributed by atoms with Gasteiger partial charge < -0.3 is 0 Å². The molecule has 0 spiro atoms. The first-order chi connectivity index (χ1) is 4.33. The van der Waals surface area contributed by atoms with Crippen molar-refractivity contribution in [3.63, 3.8) is 0 Å². The van der Waals surface area contributed by atoms with Crippen molar-refractivity contribution in [3.05, 3.63) is 29.8 Å². The third-order valence-electron chi connectivity index (χ3n) is 1.08. The van der Waals surface area contributed by atoms with Gasteiger partial charge in [0.15, 0.2) is 5.75 Å². The summed E-state index contributed by atoms with van der Waals surface area (Å²) in [5.41, 5.74) is 0.551. The van der Waals surface area contributed by atoms with Crippen molar-refractivity contribution in [2.45, 2.75) is 6.67 Å². The fourth-order valence-electron chi connectivity index (χ4n) is 0.579. The number of alkyl halides is 1. The van der Waals surface area contributed by atoms with E-state index in [4.69, 9.17) is 0 Å². The maximum absolute atomic E-state index is 11.8. The molecule has 0 heterocycles. The van der Waals surface area contributed by atoms with E-state index in [2.05, 4.69) is 0 Å². The Morgan fingerprint density at radius 1 is 1.22 bits per heavy atom. The first kappa shape index (κ1) is 6.08. The molecule has 0 N–H and O–H groups in total. The van der Waals surface area contributed by atoms with Gasteiger partial charge in [0.05, 0.1) is 0 Å². The molecule has 0 saturated heterocycles. The number of rotatable bonds is 1. The Balaban J connectivity index is 2.88. The molecule has 9 heavy (non-hydrogen) atoms. The van der Waals surface area contributed by atoms with Crippen LogP contribution in [-0.2, 0) is 11.8 Å². The molecule has 0 aliphatic rings. The predicted octanol–water partition coefficient (Wildman–Crippen LogP) is 2.30. The van der Waals surface area contributed by atoms with Crippen molar-refractivity contribution < 1.29 is 9.50 Å². The molecule has 1 aromatic carbocycles. The summed E-state index contributed by atoms with van der Waals surface area (Å²) in [6, 6.07) is 5.69. The lowest BCUT2D eigenvalue weighted by Gasteiger charge is -1.89. The van der Waals surface area contributed by atoms with Gasteiger partial charge in [0.25, 0.3) is 0 Å². The molecule has 2 heteroatoms. The van der Waals surface area contributed by atoms with E-state index in [0.29, 0.717) is 5.56 Å². The Morgan fingerprint density at radius 2 is 1.78 bits per heavy atom. The molecule has 1 aromatic rings. The van der Waals surface area contributed by atoms with E-state index in [1.54, 1.807) is 0 Å². The highest BCUT2D eigenvalue weighted by molar-refractivity contribution is 5.24. The van der Waals surface area contributed by atoms with Crippen LogP contribution < -0.4 is 0 Å². The van der Waals surface area contributed by atoms with E-state index >= 15 is 0 Å². The predicted molar refractivity (Wildman–Crippen MR) is 31.4 cm³/mol. The van der Waals surface area contributed by atoms with E-state index in [0.717, 1.165) is 0 Å². The average molecular weight is 125 g/mol. The summed E-state index contributed by atoms with van der Waals surface area (Å²) in [4.78, 5) is 0. The van der Waals surface area contributed by atoms with E-state index in [9.17, 15) is 9.50 Å². The van der Waals surface area contributed by atoms with Crippen LogP contribution >= 0.6 is 0 Å². The molecule has 1 rings (SSSR count). The van der Waals surface area contributed by atoms with Gasteiger partial charge in [-0.05, 0) is 17.7 Å². The minimum Gasteiger partial charge on any atom is -0.290 e. The fourth-order valence-corrected chi connectivity index (χ4v) is 0.579. The maximum atomic E-state index is 11.8. The fraction of sp³-hybridized carbons (Fsp3) is 0.143. The lowest BCUT2D eigenvalue weighted by Crippen LogP contribution is -1.73. The van der Waals surface area contributed by atoms with Crippen LogP contribution in [0.4, 0.5) is 4.39 Å². The molecule has 0 fully saturated rings. The monoisotopic (exact) mass is 125 g/mol. The lowest BCUT2D eigenvalue weighted by molar-refractivity contribution is 0.354. The van der Waals surface area contributed by atoms with Crippen LogP contribution in [0, 0.1) is 0 Å². The van der Waals surface area contributed by atoms with Gasteiger partial charge in [-0.3, -0.25) is 5.11 Å². The molecule has 1 nitrogen and oxygen atoms in total. The highest BCUT2D eigenvalue weighted by Gasteiger charge is 1.90. The number of halogens is 1. The molecule has 0 aliphatic heterocycles. The molecule has 0 aliphatic carbocycles. The number of hydrogen-bond donors (Lipinski definition) is 0. The van der Waals surface area contributed by atoms with Crippen LogP contribution in [0.3, 0.4) is 0 Å². The molecule has 0 bridgehead atoms. The standard InChI is InChI=1S/C7H6FO/c8-5-6-1-3-7(9)4-2-6/h1-4H,5H2. The Labute approximate surface area is 52.8 Å². The number of benzene rings is 1. The second-order valence-electron chi connectivity index (χ2n) is 1.78. The van der Waals surface area contributed by atoms with E-state index in [1.807, 2.05) is 0 Å². The van der Waals surface area contributed by atoms with Crippen molar-refractivity contribution in [2.75, 3.05) is 0 Å². The van der Waals surface area contributed by atoms with Crippen LogP contribution in [0.25, 0.3) is 0 Å². The first-order valence-corrected chi connectivity index (χ1v) is 2.65. The molecule has 47 valence electrons. The summed E-state index contributed by atoms with van der Waals surface area (Å²) in [6.07, 6.45) is 0. The summed E-state index contributed by atoms with van der Waals surface area (Å²) in [7, 11) is 0. The second-order valence-corrected chi connectivity index (χ2v) is 1.78. The average Bonchev–Trinajstić information content (AvgIpc) is 1.90. The maximum Gasteiger partial charge on any atom is 0.178 e. The molecular formula is C7H6FO. The third kappa shape index (κ3) is 1.42. The van der Waals surface area contributed by atoms with Gasteiger partial charge in [-0.15, -0.1) is 0 Å². The Hall–Kier alpha value is -1.05. The quantitative estimate of drug-likeness (QED) is 0.548. The first-order valence-electron chi connectivity index (χ1n) is 2.65. The SMILES string of the molecule is [O]c1ccc(CF)cc1. The van der Waals surface area contributed by atoms with Gasteiger partial charge in [0.1, 0.15) is 6.67 Å². The zero-order chi connectivity index (χ0) is 6.69. The summed E-state index contributed by atoms with van der Waals surface area (Å²) in [6.45, 7) is -0.500. The van der Waals surface area contributed by atoms with Crippen LogP contribution in [0.1, 0.15) is 5.56 Å². The highest BCUT2D eigenvalue weighted by Crippen LogP contribution is 2.10. The van der Waals surface area contributed by atoms with Crippen molar-refractivity contribution in [3.8, 4) is 5.75 Å². The minimum absolute atomic E-state index is 0.0767. The van der Waals surface area contributed by atoms with Crippen molar-refractivity contribution in [1.82, 2.24) is 0 Å². The molecule has 1 radical (unpaired) electrons. The molecule has 0 unspecified atom stereocenters. The highest BCUT2D eigenvalue weighted by atomic mass is 19.1. The third-order valence-corrected chi connectivity index (χ3v) is 1.08. The van der Waals surface area contributed by atoms with Crippen LogP contribution in [-0.4, -0.2) is 0 Å². The van der Waals surface area contributed by atoms with Crippen molar-refractivity contribution in [2.24, 2.45) is 0 Å². The summed E-state index contributed by atoms with van der Waals surface area (Å²) < 4.78 is 11.8. The van der Waals surface area contributed by atoms with Gasteiger partial charge in [-0.2, -0.15) is 0 Å². The molecule has 0 amide bonds. The topological polar surface area (TPSA) is 19.9 Å². The Morgan fingerprint density at radius 3 is 2.22 bits per heavy atom. The molecule has 0 saturated carbocycles. The van der Waals surface area contributed by atoms with E-state index in [1.165, 1.54) is 24.3 Å². The molecule has 0 aromatic heterocycles. The van der Waals surface area contributed by atoms with Crippen LogP contribution in [0.2, 0.25) is 0 Å². The van der Waals surface area contributed by atoms with Crippen LogP contribution in [0.15, 0.2) is 24.3 Å². The minimum atomic E-state index is -0.500. The van der Waals surface area contributed by atoms with Crippen LogP contribution in [0.5, 0.6) is 5.75 Å². The van der Waals surface area contributed by atoms with Gasteiger partial charge in [-0.25, -0.2) is 4.39 Å². The van der Waals surface area contributed by atoms with Crippen molar-refractivity contribution in [1.29, 1.82) is 0 Å². The second kappa shape index (κ2) is 2.49. The van der Waals surface area contributed by atoms with Gasteiger partial charge in [-0.1, -0.05) is 12.1 Å². The Kier molecular flexibility index (Phi) is 1.68. The summed E-state index contributed by atoms with van der Waals surface area (Å²) in [5, 5.41) is 10.4. The Bertz CT molecular complexity index is 181. The zero-order valence-corrected chi connectivity index (χ0v) is 4.80. The number of hydrogen-bond acceptors (Lipinski definition) is 0. The summed E-state index contributed by atoms with van der Waals surface area (Å²) >= 11 is 0. The smallest absolute Gasteiger partial charge is 0.178 e. The van der Waals surface area contributed by atoms with Gasteiger partial charge in [0, 0.05) is 0 Å². The van der Waals surface area contributed by atoms with E-state index in [-0.39, 0.29) is 5.75 Å². The molecule has 0 atom stereocenters. The lowest BCUT2D eigenvalue weighted by atomic mass is 10.2. The summed E-state index contributed by atoms with van der Waals surface area (Å²) in [5.74, 6) is -0.0767. The van der Waals surface area contributed by atoms with Gasteiger partial charge >= 0.3 is 0 Å². The molecular weight excluding hydrogens is 119 g/mol. The largest absolute Gasteiger partial charge is 0.290 e. The normalized spacial score (nSPS) is 9.44. The zero-order valence-electron chi connectivity index (χ0n) is 4.80. The van der Waals surface area contributed by atoms with Gasteiger partial charge in [0.2, 0.25) is 0 Å². The van der Waals surface area contributed by atoms with Crippen molar-refractivity contribution >= 4 is 0 Å².